The second kappa shape index (κ2) is 12.4. The van der Waals surface area contributed by atoms with E-state index in [1.807, 2.05) is 96.5 Å². The lowest BCUT2D eigenvalue weighted by Gasteiger charge is -2.25. The number of aliphatic hydroxyl groups excluding tert-OH is 1. The normalized spacial score (nSPS) is 12.0. The quantitative estimate of drug-likeness (QED) is 0.269. The van der Waals surface area contributed by atoms with Crippen molar-refractivity contribution in [2.24, 2.45) is 0 Å². The van der Waals surface area contributed by atoms with Crippen molar-refractivity contribution in [3.05, 3.63) is 102 Å². The minimum absolute atomic E-state index is 0.235. The van der Waals surface area contributed by atoms with Gasteiger partial charge in [0.2, 0.25) is 5.88 Å². The van der Waals surface area contributed by atoms with Crippen LogP contribution in [0.1, 0.15) is 30.2 Å². The molecule has 0 aliphatic carbocycles. The summed E-state index contributed by atoms with van der Waals surface area (Å²) < 4.78 is 14.1. The summed E-state index contributed by atoms with van der Waals surface area (Å²) in [7, 11) is 0. The Bertz CT molecular complexity index is 1210. The summed E-state index contributed by atoms with van der Waals surface area (Å²) in [6.45, 7) is 8.38. The number of aryl methyl sites for hydroxylation is 2. The van der Waals surface area contributed by atoms with Gasteiger partial charge in [-0.3, -0.25) is 4.90 Å². The summed E-state index contributed by atoms with van der Waals surface area (Å²) in [5, 5.41) is 15.6. The van der Waals surface area contributed by atoms with Crippen molar-refractivity contribution in [3.63, 3.8) is 0 Å². The van der Waals surface area contributed by atoms with Crippen molar-refractivity contribution in [2.45, 2.75) is 39.8 Å². The van der Waals surface area contributed by atoms with Crippen LogP contribution in [0.5, 0.6) is 17.4 Å². The van der Waals surface area contributed by atoms with Gasteiger partial charge in [0, 0.05) is 13.1 Å². The Labute approximate surface area is 213 Å². The van der Waals surface area contributed by atoms with Crippen molar-refractivity contribution >= 4 is 0 Å². The average molecular weight is 486 g/mol. The molecule has 0 saturated heterocycles. The summed E-state index contributed by atoms with van der Waals surface area (Å²) in [4.78, 5) is 2.24. The molecule has 3 aromatic carbocycles. The number of benzene rings is 3. The fourth-order valence-corrected chi connectivity index (χ4v) is 4.12. The highest BCUT2D eigenvalue weighted by Crippen LogP contribution is 2.32. The van der Waals surface area contributed by atoms with E-state index in [0.717, 1.165) is 41.4 Å². The molecule has 4 aromatic rings. The summed E-state index contributed by atoms with van der Waals surface area (Å²) in [6.07, 6.45) is 0.342. The highest BCUT2D eigenvalue weighted by molar-refractivity contribution is 5.43. The maximum atomic E-state index is 10.7. The van der Waals surface area contributed by atoms with E-state index >= 15 is 0 Å². The largest absolute Gasteiger partial charge is 0.491 e. The van der Waals surface area contributed by atoms with E-state index in [1.54, 1.807) is 0 Å². The first-order valence-electron chi connectivity index (χ1n) is 12.5. The van der Waals surface area contributed by atoms with Gasteiger partial charge in [0.25, 0.3) is 0 Å². The van der Waals surface area contributed by atoms with Gasteiger partial charge in [-0.2, -0.15) is 5.10 Å². The van der Waals surface area contributed by atoms with E-state index in [2.05, 4.69) is 18.7 Å². The van der Waals surface area contributed by atoms with Crippen LogP contribution in [0.25, 0.3) is 5.69 Å². The van der Waals surface area contributed by atoms with Gasteiger partial charge >= 0.3 is 0 Å². The molecule has 0 saturated carbocycles. The van der Waals surface area contributed by atoms with E-state index in [1.165, 1.54) is 5.56 Å². The number of hydrogen-bond donors (Lipinski definition) is 1. The summed E-state index contributed by atoms with van der Waals surface area (Å²) in [6, 6.07) is 27.6. The van der Waals surface area contributed by atoms with E-state index in [4.69, 9.17) is 14.6 Å². The lowest BCUT2D eigenvalue weighted by molar-refractivity contribution is 0.0653. The third-order valence-corrected chi connectivity index (χ3v) is 5.95. The molecule has 0 spiro atoms. The van der Waals surface area contributed by atoms with Gasteiger partial charge in [-0.05, 0) is 63.2 Å². The second-order valence-electron chi connectivity index (χ2n) is 9.04. The Kier molecular flexibility index (Phi) is 8.76. The predicted molar refractivity (Wildman–Crippen MR) is 143 cm³/mol. The van der Waals surface area contributed by atoms with Crippen molar-refractivity contribution in [3.8, 4) is 23.1 Å². The number of ether oxygens (including phenoxy) is 2. The molecule has 1 N–H and O–H groups in total. The van der Waals surface area contributed by atoms with Crippen molar-refractivity contribution in [1.29, 1.82) is 0 Å². The van der Waals surface area contributed by atoms with Gasteiger partial charge < -0.3 is 14.6 Å². The zero-order valence-electron chi connectivity index (χ0n) is 21.3. The molecule has 6 nitrogen and oxygen atoms in total. The zero-order valence-corrected chi connectivity index (χ0v) is 21.3. The van der Waals surface area contributed by atoms with Crippen LogP contribution in [0, 0.1) is 13.8 Å². The van der Waals surface area contributed by atoms with Crippen LogP contribution in [0.4, 0.5) is 0 Å². The summed E-state index contributed by atoms with van der Waals surface area (Å²) >= 11 is 0. The fraction of sp³-hybridized carbons (Fsp3) is 0.300. The van der Waals surface area contributed by atoms with Crippen molar-refractivity contribution < 1.29 is 14.6 Å². The number of para-hydroxylation sites is 2. The molecule has 0 fully saturated rings. The van der Waals surface area contributed by atoms with Crippen molar-refractivity contribution in [2.75, 3.05) is 19.7 Å². The lowest BCUT2D eigenvalue weighted by atomic mass is 10.2. The highest BCUT2D eigenvalue weighted by Gasteiger charge is 2.22. The lowest BCUT2D eigenvalue weighted by Crippen LogP contribution is -2.36. The Hall–Kier alpha value is -3.61. The van der Waals surface area contributed by atoms with Crippen LogP contribution in [0.2, 0.25) is 0 Å². The minimum Gasteiger partial charge on any atom is -0.491 e. The van der Waals surface area contributed by atoms with Crippen LogP contribution in [0.15, 0.2) is 84.9 Å². The molecule has 6 heteroatoms. The standard InChI is InChI=1S/C30H35N3O3/c1-4-19-32(20-26(34)22-35-27-13-9-6-10-14-27)21-29-24(3)31-33(25-11-7-5-8-12-25)30(29)36-28-17-15-23(2)16-18-28/h5-18,26,34H,4,19-22H2,1-3H3/t26-/m0/s1. The van der Waals surface area contributed by atoms with Crippen LogP contribution >= 0.6 is 0 Å². The molecular formula is C30H35N3O3. The Morgan fingerprint density at radius 2 is 1.56 bits per heavy atom. The smallest absolute Gasteiger partial charge is 0.227 e. The third kappa shape index (κ3) is 6.74. The molecule has 0 aliphatic heterocycles. The van der Waals surface area contributed by atoms with Gasteiger partial charge in [-0.1, -0.05) is 61.0 Å². The van der Waals surface area contributed by atoms with Gasteiger partial charge in [-0.25, -0.2) is 4.68 Å². The molecule has 0 aliphatic rings. The molecule has 0 bridgehead atoms. The molecule has 0 amide bonds. The first kappa shape index (κ1) is 25.5. The highest BCUT2D eigenvalue weighted by atomic mass is 16.5. The Morgan fingerprint density at radius 1 is 0.889 bits per heavy atom. The van der Waals surface area contributed by atoms with Gasteiger partial charge in [0.1, 0.15) is 24.2 Å². The number of nitrogens with zero attached hydrogens (tertiary/aromatic N) is 3. The Balaban J connectivity index is 1.57. The maximum Gasteiger partial charge on any atom is 0.227 e. The molecule has 36 heavy (non-hydrogen) atoms. The summed E-state index contributed by atoms with van der Waals surface area (Å²) in [5.74, 6) is 2.21. The summed E-state index contributed by atoms with van der Waals surface area (Å²) in [5.41, 5.74) is 4.02. The van der Waals surface area contributed by atoms with Crippen LogP contribution in [-0.2, 0) is 6.54 Å². The van der Waals surface area contributed by atoms with Crippen LogP contribution in [-0.4, -0.2) is 45.6 Å². The van der Waals surface area contributed by atoms with E-state index in [9.17, 15) is 5.11 Å². The van der Waals surface area contributed by atoms with E-state index < -0.39 is 6.10 Å². The molecule has 1 aromatic heterocycles. The predicted octanol–water partition coefficient (Wildman–Crippen LogP) is 5.93. The first-order valence-corrected chi connectivity index (χ1v) is 12.5. The molecular weight excluding hydrogens is 450 g/mol. The molecule has 1 atom stereocenters. The first-order chi connectivity index (χ1) is 17.5. The fourth-order valence-electron chi connectivity index (χ4n) is 4.12. The van der Waals surface area contributed by atoms with E-state index in [-0.39, 0.29) is 6.61 Å². The number of hydrogen-bond acceptors (Lipinski definition) is 5. The van der Waals surface area contributed by atoms with Gasteiger partial charge in [0.05, 0.1) is 16.9 Å². The molecule has 188 valence electrons. The topological polar surface area (TPSA) is 59.8 Å². The zero-order chi connectivity index (χ0) is 25.3. The van der Waals surface area contributed by atoms with Gasteiger partial charge in [0.15, 0.2) is 0 Å². The molecule has 1 heterocycles. The molecule has 0 unspecified atom stereocenters. The third-order valence-electron chi connectivity index (χ3n) is 5.95. The number of aliphatic hydroxyl groups is 1. The SMILES string of the molecule is CCCN(Cc1c(C)nn(-c2ccccc2)c1Oc1ccc(C)cc1)C[C@H](O)COc1ccccc1. The average Bonchev–Trinajstić information content (AvgIpc) is 3.20. The minimum atomic E-state index is -0.623. The maximum absolute atomic E-state index is 10.7. The monoisotopic (exact) mass is 485 g/mol. The van der Waals surface area contributed by atoms with Crippen LogP contribution in [0.3, 0.4) is 0 Å². The van der Waals surface area contributed by atoms with Crippen LogP contribution < -0.4 is 9.47 Å². The number of rotatable bonds is 12. The van der Waals surface area contributed by atoms with E-state index in [0.29, 0.717) is 19.0 Å². The van der Waals surface area contributed by atoms with Crippen molar-refractivity contribution in [1.82, 2.24) is 14.7 Å². The second-order valence-corrected chi connectivity index (χ2v) is 9.04. The Morgan fingerprint density at radius 3 is 2.22 bits per heavy atom. The molecule has 4 rings (SSSR count). The number of aromatic nitrogens is 2. The molecule has 0 radical (unpaired) electrons. The van der Waals surface area contributed by atoms with Gasteiger partial charge in [-0.15, -0.1) is 0 Å².